The van der Waals surface area contributed by atoms with Crippen molar-refractivity contribution in [2.24, 2.45) is 7.05 Å². The lowest BCUT2D eigenvalue weighted by Gasteiger charge is -2.25. The van der Waals surface area contributed by atoms with E-state index in [4.69, 9.17) is 15.2 Å². The zero-order chi connectivity index (χ0) is 15.0. The van der Waals surface area contributed by atoms with Crippen LogP contribution in [0, 0.1) is 6.92 Å². The Balaban J connectivity index is 1.75. The summed E-state index contributed by atoms with van der Waals surface area (Å²) in [6.45, 7) is 1.93. The number of carbonyl (C=O) groups is 1. The SMILES string of the molecule is Cc1nn(C)c(NC(=O)C2COc3ccccc3O2)c1N. The molecule has 1 unspecified atom stereocenters. The number of nitrogens with two attached hydrogens (primary N) is 1. The summed E-state index contributed by atoms with van der Waals surface area (Å²) in [5, 5.41) is 6.88. The van der Waals surface area contributed by atoms with Crippen LogP contribution in [-0.2, 0) is 11.8 Å². The first-order valence-electron chi connectivity index (χ1n) is 6.54. The van der Waals surface area contributed by atoms with E-state index in [1.165, 1.54) is 4.68 Å². The number of aryl methyl sites for hydroxylation is 2. The lowest BCUT2D eigenvalue weighted by atomic mass is 10.2. The van der Waals surface area contributed by atoms with Crippen LogP contribution in [0.1, 0.15) is 5.69 Å². The Kier molecular flexibility index (Phi) is 3.17. The maximum absolute atomic E-state index is 12.3. The summed E-state index contributed by atoms with van der Waals surface area (Å²) in [6, 6.07) is 7.23. The van der Waals surface area contributed by atoms with Crippen molar-refractivity contribution < 1.29 is 14.3 Å². The number of hydrogen-bond acceptors (Lipinski definition) is 5. The molecule has 110 valence electrons. The molecule has 7 nitrogen and oxygen atoms in total. The summed E-state index contributed by atoms with van der Waals surface area (Å²) < 4.78 is 12.7. The maximum atomic E-state index is 12.3. The minimum atomic E-state index is -0.727. The van der Waals surface area contributed by atoms with Gasteiger partial charge in [0, 0.05) is 7.05 Å². The molecule has 21 heavy (non-hydrogen) atoms. The highest BCUT2D eigenvalue weighted by atomic mass is 16.6. The number of nitrogens with zero attached hydrogens (tertiary/aromatic N) is 2. The highest BCUT2D eigenvalue weighted by molar-refractivity contribution is 5.96. The number of aromatic nitrogens is 2. The van der Waals surface area contributed by atoms with Crippen molar-refractivity contribution in [3.63, 3.8) is 0 Å². The van der Waals surface area contributed by atoms with Crippen molar-refractivity contribution in [1.82, 2.24) is 9.78 Å². The smallest absolute Gasteiger partial charge is 0.270 e. The molecule has 0 spiro atoms. The van der Waals surface area contributed by atoms with Gasteiger partial charge in [-0.3, -0.25) is 9.48 Å². The molecule has 3 rings (SSSR count). The van der Waals surface area contributed by atoms with E-state index >= 15 is 0 Å². The third kappa shape index (κ3) is 2.37. The van der Waals surface area contributed by atoms with Gasteiger partial charge in [-0.15, -0.1) is 0 Å². The number of amides is 1. The lowest BCUT2D eigenvalue weighted by molar-refractivity contribution is -0.125. The molecule has 2 heterocycles. The van der Waals surface area contributed by atoms with Gasteiger partial charge in [-0.05, 0) is 19.1 Å². The first-order chi connectivity index (χ1) is 10.1. The minimum Gasteiger partial charge on any atom is -0.485 e. The number of fused-ring (bicyclic) bond motifs is 1. The monoisotopic (exact) mass is 288 g/mol. The van der Waals surface area contributed by atoms with Gasteiger partial charge in [0.1, 0.15) is 6.61 Å². The Morgan fingerprint density at radius 2 is 2.14 bits per heavy atom. The van der Waals surface area contributed by atoms with Crippen LogP contribution in [0.2, 0.25) is 0 Å². The molecule has 0 saturated carbocycles. The van der Waals surface area contributed by atoms with E-state index in [1.807, 2.05) is 12.1 Å². The van der Waals surface area contributed by atoms with Gasteiger partial charge in [0.25, 0.3) is 5.91 Å². The molecule has 1 aliphatic heterocycles. The van der Waals surface area contributed by atoms with Crippen LogP contribution >= 0.6 is 0 Å². The fourth-order valence-corrected chi connectivity index (χ4v) is 2.17. The normalized spacial score (nSPS) is 16.6. The van der Waals surface area contributed by atoms with E-state index < -0.39 is 6.10 Å². The van der Waals surface area contributed by atoms with Crippen LogP contribution in [0.15, 0.2) is 24.3 Å². The molecule has 0 saturated heterocycles. The molecule has 0 bridgehead atoms. The summed E-state index contributed by atoms with van der Waals surface area (Å²) in [7, 11) is 1.71. The van der Waals surface area contributed by atoms with Crippen LogP contribution in [0.3, 0.4) is 0 Å². The topological polar surface area (TPSA) is 91.4 Å². The maximum Gasteiger partial charge on any atom is 0.270 e. The van der Waals surface area contributed by atoms with E-state index in [9.17, 15) is 4.79 Å². The highest BCUT2D eigenvalue weighted by Gasteiger charge is 2.28. The number of ether oxygens (including phenoxy) is 2. The molecule has 0 radical (unpaired) electrons. The summed E-state index contributed by atoms with van der Waals surface area (Å²) >= 11 is 0. The second-order valence-corrected chi connectivity index (χ2v) is 4.82. The summed E-state index contributed by atoms with van der Waals surface area (Å²) in [4.78, 5) is 12.3. The average molecular weight is 288 g/mol. The van der Waals surface area contributed by atoms with E-state index in [0.29, 0.717) is 28.7 Å². The number of nitrogen functional groups attached to an aromatic ring is 1. The fraction of sp³-hybridized carbons (Fsp3) is 0.286. The third-order valence-corrected chi connectivity index (χ3v) is 3.31. The molecule has 1 amide bonds. The van der Waals surface area contributed by atoms with Gasteiger partial charge in [0.15, 0.2) is 17.3 Å². The second kappa shape index (κ2) is 5.01. The summed E-state index contributed by atoms with van der Waals surface area (Å²) in [5.41, 5.74) is 7.00. The zero-order valence-corrected chi connectivity index (χ0v) is 11.8. The number of carbonyl (C=O) groups excluding carboxylic acids is 1. The highest BCUT2D eigenvalue weighted by Crippen LogP contribution is 2.31. The van der Waals surface area contributed by atoms with E-state index in [1.54, 1.807) is 26.1 Å². The largest absolute Gasteiger partial charge is 0.485 e. The Morgan fingerprint density at radius 1 is 1.43 bits per heavy atom. The van der Waals surface area contributed by atoms with Crippen molar-refractivity contribution in [2.75, 3.05) is 17.7 Å². The molecule has 7 heteroatoms. The van der Waals surface area contributed by atoms with Crippen molar-refractivity contribution in [2.45, 2.75) is 13.0 Å². The van der Waals surface area contributed by atoms with E-state index in [0.717, 1.165) is 0 Å². The average Bonchev–Trinajstić information content (AvgIpc) is 2.73. The molecule has 3 N–H and O–H groups in total. The molecule has 2 aromatic rings. The first kappa shape index (κ1) is 13.3. The molecule has 1 aliphatic rings. The molecule has 0 aliphatic carbocycles. The fourth-order valence-electron chi connectivity index (χ4n) is 2.17. The predicted molar refractivity (Wildman–Crippen MR) is 77.3 cm³/mol. The van der Waals surface area contributed by atoms with Gasteiger partial charge < -0.3 is 20.5 Å². The van der Waals surface area contributed by atoms with Crippen LogP contribution in [0.4, 0.5) is 11.5 Å². The quantitative estimate of drug-likeness (QED) is 0.863. The molecular weight excluding hydrogens is 272 g/mol. The van der Waals surface area contributed by atoms with Gasteiger partial charge in [-0.2, -0.15) is 5.10 Å². The standard InChI is InChI=1S/C14H16N4O3/c1-8-12(15)13(18(2)17-8)16-14(19)11-7-20-9-5-3-4-6-10(9)21-11/h3-6,11H,7,15H2,1-2H3,(H,16,19). The lowest BCUT2D eigenvalue weighted by Crippen LogP contribution is -2.40. The summed E-state index contributed by atoms with van der Waals surface area (Å²) in [6.07, 6.45) is -0.727. The first-order valence-corrected chi connectivity index (χ1v) is 6.54. The van der Waals surface area contributed by atoms with Gasteiger partial charge in [0.2, 0.25) is 6.10 Å². The Labute approximate surface area is 121 Å². The molecular formula is C14H16N4O3. The molecule has 1 atom stereocenters. The van der Waals surface area contributed by atoms with Crippen molar-refractivity contribution in [1.29, 1.82) is 0 Å². The predicted octanol–water partition coefficient (Wildman–Crippen LogP) is 1.09. The number of nitrogens with one attached hydrogen (secondary N) is 1. The molecule has 1 aromatic carbocycles. The number of rotatable bonds is 2. The van der Waals surface area contributed by atoms with Crippen LogP contribution in [0.25, 0.3) is 0 Å². The number of para-hydroxylation sites is 2. The Morgan fingerprint density at radius 3 is 2.81 bits per heavy atom. The second-order valence-electron chi connectivity index (χ2n) is 4.82. The Bertz CT molecular complexity index is 696. The van der Waals surface area contributed by atoms with Crippen molar-refractivity contribution >= 4 is 17.4 Å². The number of benzene rings is 1. The zero-order valence-electron chi connectivity index (χ0n) is 11.8. The van der Waals surface area contributed by atoms with Gasteiger partial charge in [-0.25, -0.2) is 0 Å². The van der Waals surface area contributed by atoms with Crippen molar-refractivity contribution in [3.05, 3.63) is 30.0 Å². The number of hydrogen-bond donors (Lipinski definition) is 2. The van der Waals surface area contributed by atoms with Crippen LogP contribution < -0.4 is 20.5 Å². The molecule has 1 aromatic heterocycles. The Hall–Kier alpha value is -2.70. The number of anilines is 2. The van der Waals surface area contributed by atoms with Gasteiger partial charge in [-0.1, -0.05) is 12.1 Å². The van der Waals surface area contributed by atoms with Gasteiger partial charge >= 0.3 is 0 Å². The summed E-state index contributed by atoms with van der Waals surface area (Å²) in [5.74, 6) is 1.33. The van der Waals surface area contributed by atoms with E-state index in [2.05, 4.69) is 10.4 Å². The van der Waals surface area contributed by atoms with Crippen LogP contribution in [-0.4, -0.2) is 28.4 Å². The minimum absolute atomic E-state index is 0.152. The third-order valence-electron chi connectivity index (χ3n) is 3.31. The van der Waals surface area contributed by atoms with Crippen LogP contribution in [0.5, 0.6) is 11.5 Å². The van der Waals surface area contributed by atoms with E-state index in [-0.39, 0.29) is 12.5 Å². The van der Waals surface area contributed by atoms with Crippen molar-refractivity contribution in [3.8, 4) is 11.5 Å². The van der Waals surface area contributed by atoms with Gasteiger partial charge in [0.05, 0.1) is 11.4 Å². The molecule has 0 fully saturated rings.